The molecule has 8 N–H and O–H groups in total. The van der Waals surface area contributed by atoms with E-state index in [0.717, 1.165) is 0 Å². The van der Waals surface area contributed by atoms with Crippen LogP contribution in [0.15, 0.2) is 0 Å². The Morgan fingerprint density at radius 1 is 0.769 bits per heavy atom. The maximum absolute atomic E-state index is 12.1. The van der Waals surface area contributed by atoms with Crippen LogP contribution in [-0.4, -0.2) is 149 Å². The molecule has 2 amide bonds. The van der Waals surface area contributed by atoms with Crippen molar-refractivity contribution in [3.05, 3.63) is 0 Å². The molecular weight excluding hydrogens is 528 g/mol. The topological polar surface area (TPSA) is 235 Å². The highest BCUT2D eigenvalue weighted by molar-refractivity contribution is 5.73. The van der Waals surface area contributed by atoms with E-state index >= 15 is 0 Å². The number of amides is 2. The van der Waals surface area contributed by atoms with Crippen molar-refractivity contribution in [2.24, 2.45) is 0 Å². The van der Waals surface area contributed by atoms with Gasteiger partial charge in [-0.1, -0.05) is 0 Å². The minimum atomic E-state index is -1.55. The van der Waals surface area contributed by atoms with E-state index in [1.165, 1.54) is 21.0 Å². The molecule has 0 bridgehead atoms. The van der Waals surface area contributed by atoms with E-state index < -0.39 is 111 Å². The van der Waals surface area contributed by atoms with Crippen LogP contribution in [0.3, 0.4) is 0 Å². The van der Waals surface area contributed by atoms with Gasteiger partial charge in [0.2, 0.25) is 11.8 Å². The van der Waals surface area contributed by atoms with Crippen molar-refractivity contribution < 1.29 is 68.6 Å². The van der Waals surface area contributed by atoms with E-state index in [-0.39, 0.29) is 6.42 Å². The summed E-state index contributed by atoms with van der Waals surface area (Å²) >= 11 is 0. The number of hydrogen-bond donors (Lipinski definition) is 8. The molecule has 0 aromatic carbocycles. The van der Waals surface area contributed by atoms with Gasteiger partial charge in [0, 0.05) is 27.4 Å². The smallest absolute Gasteiger partial charge is 0.217 e. The Balaban J connectivity index is 1.90. The fourth-order valence-electron chi connectivity index (χ4n) is 4.93. The van der Waals surface area contributed by atoms with E-state index in [2.05, 4.69) is 10.6 Å². The number of aliphatic hydroxyl groups excluding tert-OH is 6. The molecule has 0 unspecified atom stereocenters. The first-order valence-corrected chi connectivity index (χ1v) is 12.7. The van der Waals surface area contributed by atoms with Crippen LogP contribution >= 0.6 is 0 Å². The maximum Gasteiger partial charge on any atom is 0.217 e. The summed E-state index contributed by atoms with van der Waals surface area (Å²) < 4.78 is 34.1. The fraction of sp³-hybridized carbons (Fsp3) is 0.913. The number of methoxy groups -OCH3 is 1. The van der Waals surface area contributed by atoms with Gasteiger partial charge in [-0.05, 0) is 6.92 Å². The minimum Gasteiger partial charge on any atom is -0.394 e. The summed E-state index contributed by atoms with van der Waals surface area (Å²) in [5.41, 5.74) is 0. The summed E-state index contributed by atoms with van der Waals surface area (Å²) in [7, 11) is 1.29. The standard InChI is InChI=1S/C23H40N2O14/c1-8-11(30)5-12(31)21(35-8)39-20-16(25-10(3)29)23(36-13(6-26)17(20)32)38-19-14(7-27)37-22(34-4)15(18(19)33)24-9(2)28/h8,11-23,26-27,30-33H,5-7H2,1-4H3,(H,24,28)(H,25,29)/t8-,11+,12+,13-,14-,15-,16-,17+,18-,19-,20-,21+,22-,23+/m1/s1. The molecule has 3 rings (SSSR count). The second kappa shape index (κ2) is 13.9. The van der Waals surface area contributed by atoms with Gasteiger partial charge in [0.1, 0.15) is 54.8 Å². The monoisotopic (exact) mass is 568 g/mol. The number of rotatable bonds is 9. The summed E-state index contributed by atoms with van der Waals surface area (Å²) in [6.45, 7) is 2.64. The highest BCUT2D eigenvalue weighted by Crippen LogP contribution is 2.32. The molecule has 0 aromatic heterocycles. The van der Waals surface area contributed by atoms with Crippen LogP contribution in [0.4, 0.5) is 0 Å². The third kappa shape index (κ3) is 7.41. The Morgan fingerprint density at radius 3 is 1.90 bits per heavy atom. The van der Waals surface area contributed by atoms with Crippen molar-refractivity contribution in [2.45, 2.75) is 113 Å². The predicted octanol–water partition coefficient (Wildman–Crippen LogP) is -4.57. The molecule has 14 atom stereocenters. The quantitative estimate of drug-likeness (QED) is 0.131. The second-order valence-electron chi connectivity index (χ2n) is 9.90. The van der Waals surface area contributed by atoms with Crippen molar-refractivity contribution >= 4 is 11.8 Å². The zero-order valence-electron chi connectivity index (χ0n) is 22.2. The molecule has 0 radical (unpaired) electrons. The first-order valence-electron chi connectivity index (χ1n) is 12.7. The number of hydrogen-bond acceptors (Lipinski definition) is 14. The number of ether oxygens (including phenoxy) is 6. The highest BCUT2D eigenvalue weighted by atomic mass is 16.7. The lowest BCUT2D eigenvalue weighted by Crippen LogP contribution is -2.70. The molecule has 3 fully saturated rings. The summed E-state index contributed by atoms with van der Waals surface area (Å²) in [4.78, 5) is 23.9. The molecule has 16 heteroatoms. The number of carbonyl (C=O) groups is 2. The third-order valence-corrected chi connectivity index (χ3v) is 6.95. The van der Waals surface area contributed by atoms with Crippen LogP contribution in [0.2, 0.25) is 0 Å². The van der Waals surface area contributed by atoms with Crippen molar-refractivity contribution in [3.8, 4) is 0 Å². The maximum atomic E-state index is 12.1. The normalized spacial score (nSPS) is 45.0. The molecule has 0 aromatic rings. The Labute approximate surface area is 225 Å². The van der Waals surface area contributed by atoms with E-state index in [4.69, 9.17) is 28.4 Å². The van der Waals surface area contributed by atoms with Crippen molar-refractivity contribution in [1.29, 1.82) is 0 Å². The van der Waals surface area contributed by atoms with Crippen LogP contribution in [0, 0.1) is 0 Å². The van der Waals surface area contributed by atoms with Gasteiger partial charge in [0.25, 0.3) is 0 Å². The van der Waals surface area contributed by atoms with Crippen LogP contribution in [-0.2, 0) is 38.0 Å². The first-order chi connectivity index (χ1) is 18.4. The molecule has 0 aliphatic carbocycles. The lowest BCUT2D eigenvalue weighted by molar-refractivity contribution is -0.350. The zero-order valence-corrected chi connectivity index (χ0v) is 22.2. The van der Waals surface area contributed by atoms with Crippen LogP contribution in [0.25, 0.3) is 0 Å². The van der Waals surface area contributed by atoms with Gasteiger partial charge in [0.15, 0.2) is 18.9 Å². The number of aliphatic hydroxyl groups is 6. The van der Waals surface area contributed by atoms with Crippen LogP contribution < -0.4 is 10.6 Å². The SMILES string of the molecule is CO[C@@H]1O[C@H](CO)[C@@H](O[C@@H]2O[C@H](CO)[C@H](O)[C@H](O[C@@H]3O[C@H](C)[C@@H](O)C[C@@H]3O)[C@H]2NC(C)=O)[C@H](O)[C@H]1NC(C)=O. The lowest BCUT2D eigenvalue weighted by Gasteiger charge is -2.49. The fourth-order valence-corrected chi connectivity index (χ4v) is 4.93. The lowest BCUT2D eigenvalue weighted by atomic mass is 9.94. The average Bonchev–Trinajstić information content (AvgIpc) is 2.87. The summed E-state index contributed by atoms with van der Waals surface area (Å²) in [5.74, 6) is -1.08. The highest BCUT2D eigenvalue weighted by Gasteiger charge is 2.53. The number of nitrogens with one attached hydrogen (secondary N) is 2. The molecule has 3 aliphatic rings. The van der Waals surface area contributed by atoms with Gasteiger partial charge >= 0.3 is 0 Å². The summed E-state index contributed by atoms with van der Waals surface area (Å²) in [6.07, 6.45) is -15.3. The Morgan fingerprint density at radius 2 is 1.33 bits per heavy atom. The molecule has 0 saturated carbocycles. The summed E-state index contributed by atoms with van der Waals surface area (Å²) in [5, 5.41) is 67.4. The third-order valence-electron chi connectivity index (χ3n) is 6.95. The molecule has 0 spiro atoms. The molecular formula is C23H40N2O14. The van der Waals surface area contributed by atoms with Gasteiger partial charge < -0.3 is 69.7 Å². The molecule has 39 heavy (non-hydrogen) atoms. The van der Waals surface area contributed by atoms with Gasteiger partial charge in [0.05, 0.1) is 25.4 Å². The van der Waals surface area contributed by atoms with Crippen LogP contribution in [0.1, 0.15) is 27.2 Å². The Hall–Kier alpha value is -1.54. The average molecular weight is 569 g/mol. The molecule has 226 valence electrons. The Kier molecular flexibility index (Phi) is 11.4. The molecule has 3 saturated heterocycles. The zero-order chi connectivity index (χ0) is 29.0. The summed E-state index contributed by atoms with van der Waals surface area (Å²) in [6, 6.07) is -2.41. The van der Waals surface area contributed by atoms with E-state index in [9.17, 15) is 40.2 Å². The second-order valence-corrected chi connectivity index (χ2v) is 9.90. The van der Waals surface area contributed by atoms with Gasteiger partial charge in [-0.2, -0.15) is 0 Å². The van der Waals surface area contributed by atoms with E-state index in [1.54, 1.807) is 6.92 Å². The van der Waals surface area contributed by atoms with Crippen molar-refractivity contribution in [1.82, 2.24) is 10.6 Å². The Bertz CT molecular complexity index is 822. The van der Waals surface area contributed by atoms with E-state index in [0.29, 0.717) is 0 Å². The van der Waals surface area contributed by atoms with Crippen LogP contribution in [0.5, 0.6) is 0 Å². The molecule has 16 nitrogen and oxygen atoms in total. The minimum absolute atomic E-state index is 0.0751. The molecule has 3 aliphatic heterocycles. The first kappa shape index (κ1) is 32.0. The largest absolute Gasteiger partial charge is 0.394 e. The number of carbonyl (C=O) groups excluding carboxylic acids is 2. The predicted molar refractivity (Wildman–Crippen MR) is 126 cm³/mol. The van der Waals surface area contributed by atoms with E-state index in [1.807, 2.05) is 0 Å². The van der Waals surface area contributed by atoms with Gasteiger partial charge in [-0.15, -0.1) is 0 Å². The van der Waals surface area contributed by atoms with Gasteiger partial charge in [-0.25, -0.2) is 0 Å². The van der Waals surface area contributed by atoms with Crippen molar-refractivity contribution in [2.75, 3.05) is 20.3 Å². The van der Waals surface area contributed by atoms with Crippen molar-refractivity contribution in [3.63, 3.8) is 0 Å². The molecule has 3 heterocycles. The van der Waals surface area contributed by atoms with Gasteiger partial charge in [-0.3, -0.25) is 9.59 Å².